The van der Waals surface area contributed by atoms with Crippen molar-refractivity contribution in [2.24, 2.45) is 0 Å². The highest BCUT2D eigenvalue weighted by molar-refractivity contribution is 5.85. The normalized spacial score (nSPS) is 22.3. The predicted molar refractivity (Wildman–Crippen MR) is 169 cm³/mol. The van der Waals surface area contributed by atoms with Gasteiger partial charge in [0.1, 0.15) is 0 Å². The van der Waals surface area contributed by atoms with E-state index in [2.05, 4.69) is 124 Å². The van der Waals surface area contributed by atoms with E-state index < -0.39 is 0 Å². The Morgan fingerprint density at radius 1 is 0.487 bits per heavy atom. The fraction of sp³-hybridized carbons (Fsp3) is 0.526. The largest absolute Gasteiger partial charge is 0.355 e. The molecule has 0 saturated heterocycles. The third-order valence-electron chi connectivity index (χ3n) is 11.1. The van der Waals surface area contributed by atoms with Gasteiger partial charge in [0.05, 0.1) is 0 Å². The standard InChI is InChI=1S/C38H49N/c1-23-18-29-32(37(8,9)17-14-34(29,2)3)22-33(23)39-24-12-13-27-25(19-24)26-20-30-31(21-28(26)38(27,10)11)36(6,7)16-15-35(30,4)5/h12-13,18-22,39H,14-17H2,1-11H3. The number of hydrogen-bond acceptors (Lipinski definition) is 1. The van der Waals surface area contributed by atoms with Crippen LogP contribution in [0.15, 0.2) is 42.5 Å². The zero-order valence-corrected chi connectivity index (χ0v) is 26.4. The van der Waals surface area contributed by atoms with Crippen molar-refractivity contribution in [2.75, 3.05) is 5.32 Å². The fourth-order valence-electron chi connectivity index (χ4n) is 7.90. The summed E-state index contributed by atoms with van der Waals surface area (Å²) in [6.45, 7) is 26.5. The van der Waals surface area contributed by atoms with E-state index in [0.29, 0.717) is 0 Å². The lowest BCUT2D eigenvalue weighted by Crippen LogP contribution is -2.34. The van der Waals surface area contributed by atoms with Crippen LogP contribution in [0.5, 0.6) is 0 Å². The quantitative estimate of drug-likeness (QED) is 0.355. The summed E-state index contributed by atoms with van der Waals surface area (Å²) in [5, 5.41) is 3.87. The van der Waals surface area contributed by atoms with E-state index in [9.17, 15) is 0 Å². The van der Waals surface area contributed by atoms with Crippen LogP contribution in [0.1, 0.15) is 134 Å². The second kappa shape index (κ2) is 8.02. The van der Waals surface area contributed by atoms with Crippen LogP contribution >= 0.6 is 0 Å². The fourth-order valence-corrected chi connectivity index (χ4v) is 7.90. The first-order valence-corrected chi connectivity index (χ1v) is 15.2. The minimum Gasteiger partial charge on any atom is -0.355 e. The van der Waals surface area contributed by atoms with Crippen molar-refractivity contribution >= 4 is 11.4 Å². The zero-order valence-electron chi connectivity index (χ0n) is 26.4. The number of aryl methyl sites for hydroxylation is 1. The van der Waals surface area contributed by atoms with Crippen molar-refractivity contribution in [3.63, 3.8) is 0 Å². The minimum absolute atomic E-state index is 0.00718. The van der Waals surface area contributed by atoms with Crippen molar-refractivity contribution < 1.29 is 0 Å². The third kappa shape index (κ3) is 3.93. The van der Waals surface area contributed by atoms with Crippen LogP contribution in [0.2, 0.25) is 0 Å². The lowest BCUT2D eigenvalue weighted by atomic mass is 9.62. The number of benzene rings is 3. The second-order valence-electron chi connectivity index (χ2n) is 16.2. The van der Waals surface area contributed by atoms with Gasteiger partial charge in [-0.2, -0.15) is 0 Å². The first kappa shape index (κ1) is 26.7. The van der Waals surface area contributed by atoms with Crippen molar-refractivity contribution in [3.05, 3.63) is 81.4 Å². The van der Waals surface area contributed by atoms with Crippen LogP contribution < -0.4 is 5.32 Å². The lowest BCUT2D eigenvalue weighted by molar-refractivity contribution is 0.331. The van der Waals surface area contributed by atoms with Gasteiger partial charge >= 0.3 is 0 Å². The molecule has 0 unspecified atom stereocenters. The first-order chi connectivity index (χ1) is 17.9. The smallest absolute Gasteiger partial charge is 0.0417 e. The van der Waals surface area contributed by atoms with Gasteiger partial charge in [0, 0.05) is 16.8 Å². The maximum absolute atomic E-state index is 3.87. The van der Waals surface area contributed by atoms with E-state index in [4.69, 9.17) is 0 Å². The number of fused-ring (bicyclic) bond motifs is 5. The van der Waals surface area contributed by atoms with E-state index in [1.807, 2.05) is 0 Å². The molecule has 0 aliphatic heterocycles. The van der Waals surface area contributed by atoms with E-state index in [0.717, 1.165) is 0 Å². The predicted octanol–water partition coefficient (Wildman–Crippen LogP) is 10.7. The van der Waals surface area contributed by atoms with Gasteiger partial charge < -0.3 is 5.32 Å². The van der Waals surface area contributed by atoms with Crippen LogP contribution in [-0.4, -0.2) is 0 Å². The van der Waals surface area contributed by atoms with Gasteiger partial charge in [-0.15, -0.1) is 0 Å². The number of hydrogen-bond donors (Lipinski definition) is 1. The minimum atomic E-state index is 0.00718. The van der Waals surface area contributed by atoms with Crippen LogP contribution in [0.3, 0.4) is 0 Å². The Bertz CT molecular complexity index is 1510. The Labute approximate surface area is 237 Å². The average Bonchev–Trinajstić information content (AvgIpc) is 3.06. The molecule has 0 spiro atoms. The Hall–Kier alpha value is -2.54. The van der Waals surface area contributed by atoms with Gasteiger partial charge in [-0.3, -0.25) is 0 Å². The molecule has 0 saturated carbocycles. The van der Waals surface area contributed by atoms with Crippen molar-refractivity contribution in [1.82, 2.24) is 0 Å². The first-order valence-electron chi connectivity index (χ1n) is 15.2. The molecule has 3 aromatic carbocycles. The maximum atomic E-state index is 3.87. The number of nitrogens with one attached hydrogen (secondary N) is 1. The van der Waals surface area contributed by atoms with Gasteiger partial charge in [-0.1, -0.05) is 87.4 Å². The summed E-state index contributed by atoms with van der Waals surface area (Å²) >= 11 is 0. The molecule has 1 heteroatoms. The molecule has 0 fully saturated rings. The molecule has 0 aromatic heterocycles. The van der Waals surface area contributed by atoms with Crippen molar-refractivity contribution in [1.29, 1.82) is 0 Å². The molecule has 6 rings (SSSR count). The van der Waals surface area contributed by atoms with Gasteiger partial charge in [0.25, 0.3) is 0 Å². The van der Waals surface area contributed by atoms with E-state index in [-0.39, 0.29) is 27.1 Å². The van der Waals surface area contributed by atoms with Crippen LogP contribution in [0.25, 0.3) is 11.1 Å². The molecule has 39 heavy (non-hydrogen) atoms. The molecule has 0 radical (unpaired) electrons. The molecule has 3 aromatic rings. The number of anilines is 2. The summed E-state index contributed by atoms with van der Waals surface area (Å²) in [5.74, 6) is 0. The van der Waals surface area contributed by atoms with Gasteiger partial charge in [0.2, 0.25) is 0 Å². The summed E-state index contributed by atoms with van der Waals surface area (Å²) in [4.78, 5) is 0. The van der Waals surface area contributed by atoms with E-state index in [1.54, 1.807) is 11.1 Å². The molecule has 0 heterocycles. The van der Waals surface area contributed by atoms with Crippen LogP contribution in [0.4, 0.5) is 11.4 Å². The second-order valence-corrected chi connectivity index (χ2v) is 16.2. The van der Waals surface area contributed by atoms with Crippen molar-refractivity contribution in [2.45, 2.75) is 129 Å². The molecule has 3 aliphatic rings. The molecule has 206 valence electrons. The zero-order chi connectivity index (χ0) is 28.3. The van der Waals surface area contributed by atoms with Crippen molar-refractivity contribution in [3.8, 4) is 11.1 Å². The molecule has 1 N–H and O–H groups in total. The molecular formula is C38H49N. The average molecular weight is 520 g/mol. The monoisotopic (exact) mass is 519 g/mol. The molecule has 1 nitrogen and oxygen atoms in total. The molecule has 0 bridgehead atoms. The molecule has 3 aliphatic carbocycles. The molecule has 0 atom stereocenters. The lowest BCUT2D eigenvalue weighted by Gasteiger charge is -2.42. The number of rotatable bonds is 2. The SMILES string of the molecule is Cc1cc2c(cc1Nc1ccc3c(c1)-c1cc4c(cc1C3(C)C)C(C)(C)CCC4(C)C)C(C)(C)CCC2(C)C. The maximum Gasteiger partial charge on any atom is 0.0417 e. The van der Waals surface area contributed by atoms with Gasteiger partial charge in [0.15, 0.2) is 0 Å². The van der Waals surface area contributed by atoms with E-state index >= 15 is 0 Å². The van der Waals surface area contributed by atoms with Crippen LogP contribution in [0, 0.1) is 6.92 Å². The Balaban J connectivity index is 1.45. The van der Waals surface area contributed by atoms with E-state index in [1.165, 1.54) is 76.0 Å². The topological polar surface area (TPSA) is 12.0 Å². The Morgan fingerprint density at radius 2 is 0.949 bits per heavy atom. The Kier molecular flexibility index (Phi) is 5.48. The van der Waals surface area contributed by atoms with Crippen LogP contribution in [-0.2, 0) is 27.1 Å². The summed E-state index contributed by atoms with van der Waals surface area (Å²) in [6, 6.07) is 17.2. The highest BCUT2D eigenvalue weighted by atomic mass is 14.9. The highest BCUT2D eigenvalue weighted by Gasteiger charge is 2.42. The summed E-state index contributed by atoms with van der Waals surface area (Å²) in [6.07, 6.45) is 4.98. The highest BCUT2D eigenvalue weighted by Crippen LogP contribution is 2.55. The summed E-state index contributed by atoms with van der Waals surface area (Å²) in [5.41, 5.74) is 16.6. The summed E-state index contributed by atoms with van der Waals surface area (Å²) in [7, 11) is 0. The van der Waals surface area contributed by atoms with Gasteiger partial charge in [-0.25, -0.2) is 0 Å². The Morgan fingerprint density at radius 3 is 1.51 bits per heavy atom. The van der Waals surface area contributed by atoms with Gasteiger partial charge in [-0.05, 0) is 129 Å². The summed E-state index contributed by atoms with van der Waals surface area (Å²) < 4.78 is 0. The molecular weight excluding hydrogens is 470 g/mol. The third-order valence-corrected chi connectivity index (χ3v) is 11.1. The molecule has 0 amide bonds.